The number of rotatable bonds is 7. The average molecular weight is 370 g/mol. The van der Waals surface area contributed by atoms with Gasteiger partial charge in [-0.25, -0.2) is 4.39 Å². The minimum atomic E-state index is -0.369. The molecule has 26 heavy (non-hydrogen) atoms. The normalized spacial score (nSPS) is 12.1. The Kier molecular flexibility index (Phi) is 5.78. The lowest BCUT2D eigenvalue weighted by molar-refractivity contribution is 0.102. The molecular weight excluding hydrogens is 351 g/mol. The van der Waals surface area contributed by atoms with Crippen molar-refractivity contribution in [3.8, 4) is 5.69 Å². The first kappa shape index (κ1) is 18.3. The van der Waals surface area contributed by atoms with Crippen LogP contribution in [0.1, 0.15) is 42.1 Å². The summed E-state index contributed by atoms with van der Waals surface area (Å²) in [5, 5.41) is 11.9. The molecule has 0 bridgehead atoms. The van der Waals surface area contributed by atoms with Crippen LogP contribution in [0, 0.1) is 5.82 Å². The minimum absolute atomic E-state index is 0.000469. The van der Waals surface area contributed by atoms with Gasteiger partial charge in [0.2, 0.25) is 5.16 Å². The van der Waals surface area contributed by atoms with Gasteiger partial charge in [-0.1, -0.05) is 55.9 Å². The van der Waals surface area contributed by atoms with Gasteiger partial charge in [-0.3, -0.25) is 4.79 Å². The van der Waals surface area contributed by atoms with Crippen LogP contribution in [0.5, 0.6) is 0 Å². The number of aromatic nitrogens is 4. The maximum Gasteiger partial charge on any atom is 0.214 e. The van der Waals surface area contributed by atoms with Gasteiger partial charge in [-0.15, -0.1) is 5.10 Å². The van der Waals surface area contributed by atoms with Gasteiger partial charge in [0, 0.05) is 5.56 Å². The van der Waals surface area contributed by atoms with Gasteiger partial charge >= 0.3 is 0 Å². The highest BCUT2D eigenvalue weighted by Crippen LogP contribution is 2.22. The molecule has 0 amide bonds. The molecule has 1 atom stereocenters. The summed E-state index contributed by atoms with van der Waals surface area (Å²) in [6, 6.07) is 13.7. The van der Waals surface area contributed by atoms with Gasteiger partial charge in [0.25, 0.3) is 0 Å². The van der Waals surface area contributed by atoms with Crippen molar-refractivity contribution in [3.05, 3.63) is 65.5 Å². The molecule has 5 nitrogen and oxygen atoms in total. The molecule has 0 saturated carbocycles. The van der Waals surface area contributed by atoms with Gasteiger partial charge < -0.3 is 0 Å². The van der Waals surface area contributed by atoms with E-state index in [-0.39, 0.29) is 17.4 Å². The van der Waals surface area contributed by atoms with Crippen LogP contribution in [0.4, 0.5) is 4.39 Å². The van der Waals surface area contributed by atoms with E-state index >= 15 is 0 Å². The smallest absolute Gasteiger partial charge is 0.214 e. The molecule has 3 aromatic rings. The number of benzene rings is 2. The molecule has 0 saturated heterocycles. The van der Waals surface area contributed by atoms with E-state index in [9.17, 15) is 9.18 Å². The first-order valence-electron chi connectivity index (χ1n) is 8.38. The number of thioether (sulfide) groups is 1. The van der Waals surface area contributed by atoms with Crippen molar-refractivity contribution in [1.29, 1.82) is 0 Å². The fourth-order valence-electron chi connectivity index (χ4n) is 2.49. The van der Waals surface area contributed by atoms with Crippen molar-refractivity contribution in [3.63, 3.8) is 0 Å². The van der Waals surface area contributed by atoms with Gasteiger partial charge in [-0.05, 0) is 46.5 Å². The molecule has 0 aliphatic rings. The number of tetrazole rings is 1. The number of carbonyl (C=O) groups excluding carboxylic acids is 1. The molecule has 3 rings (SSSR count). The largest absolute Gasteiger partial charge is 0.293 e. The Labute approximate surface area is 155 Å². The first-order chi connectivity index (χ1) is 12.6. The lowest BCUT2D eigenvalue weighted by Crippen LogP contribution is -2.05. The standard InChI is InChI=1S/C19H19FN4OS/c1-3-13(2)14-7-9-15(10-8-14)18(25)12-26-19-21-22-23-24(19)17-6-4-5-16(20)11-17/h4-11,13H,3,12H2,1-2H3/t13-/m0/s1. The Morgan fingerprint density at radius 1 is 1.23 bits per heavy atom. The van der Waals surface area contributed by atoms with Crippen molar-refractivity contribution in [2.24, 2.45) is 0 Å². The molecule has 2 aromatic carbocycles. The molecule has 0 aliphatic heterocycles. The maximum absolute atomic E-state index is 13.4. The predicted octanol–water partition coefficient (Wildman–Crippen LogP) is 4.29. The third-order valence-corrected chi connectivity index (χ3v) is 5.16. The van der Waals surface area contributed by atoms with Gasteiger partial charge in [0.1, 0.15) is 5.82 Å². The summed E-state index contributed by atoms with van der Waals surface area (Å²) < 4.78 is 14.8. The Morgan fingerprint density at radius 3 is 2.69 bits per heavy atom. The van der Waals surface area contributed by atoms with Crippen LogP contribution in [0.25, 0.3) is 5.69 Å². The fraction of sp³-hybridized carbons (Fsp3) is 0.263. The van der Waals surface area contributed by atoms with E-state index < -0.39 is 0 Å². The second-order valence-electron chi connectivity index (χ2n) is 6.00. The van der Waals surface area contributed by atoms with E-state index in [1.807, 2.05) is 24.3 Å². The Balaban J connectivity index is 1.68. The van der Waals surface area contributed by atoms with Gasteiger partial charge in [0.05, 0.1) is 11.4 Å². The number of Topliss-reactive ketones (excluding diaryl/α,β-unsaturated/α-hetero) is 1. The van der Waals surface area contributed by atoms with Crippen LogP contribution >= 0.6 is 11.8 Å². The molecule has 0 radical (unpaired) electrons. The zero-order valence-corrected chi connectivity index (χ0v) is 15.4. The topological polar surface area (TPSA) is 60.7 Å². The van der Waals surface area contributed by atoms with Crippen LogP contribution in [0.2, 0.25) is 0 Å². The monoisotopic (exact) mass is 370 g/mol. The first-order valence-corrected chi connectivity index (χ1v) is 9.37. The average Bonchev–Trinajstić information content (AvgIpc) is 3.14. The summed E-state index contributed by atoms with van der Waals surface area (Å²) in [5.41, 5.74) is 2.41. The van der Waals surface area contributed by atoms with E-state index in [2.05, 4.69) is 29.4 Å². The molecular formula is C19H19FN4OS. The van der Waals surface area contributed by atoms with Crippen LogP contribution in [-0.4, -0.2) is 31.7 Å². The van der Waals surface area contributed by atoms with Crippen molar-refractivity contribution < 1.29 is 9.18 Å². The summed E-state index contributed by atoms with van der Waals surface area (Å²) in [6.45, 7) is 4.31. The minimum Gasteiger partial charge on any atom is -0.293 e. The second-order valence-corrected chi connectivity index (χ2v) is 6.94. The Bertz CT molecular complexity index is 895. The molecule has 1 aromatic heterocycles. The lowest BCUT2D eigenvalue weighted by Gasteiger charge is -2.09. The van der Waals surface area contributed by atoms with E-state index in [1.165, 1.54) is 34.1 Å². The molecule has 0 N–H and O–H groups in total. The quantitative estimate of drug-likeness (QED) is 0.459. The summed E-state index contributed by atoms with van der Waals surface area (Å²) in [5.74, 6) is 0.314. The molecule has 1 heterocycles. The zero-order valence-electron chi connectivity index (χ0n) is 14.6. The number of hydrogen-bond acceptors (Lipinski definition) is 5. The van der Waals surface area contributed by atoms with E-state index in [4.69, 9.17) is 0 Å². The predicted molar refractivity (Wildman–Crippen MR) is 99.3 cm³/mol. The zero-order chi connectivity index (χ0) is 18.5. The van der Waals surface area contributed by atoms with Crippen molar-refractivity contribution in [2.45, 2.75) is 31.3 Å². The van der Waals surface area contributed by atoms with E-state index in [0.29, 0.717) is 22.3 Å². The van der Waals surface area contributed by atoms with Gasteiger partial charge in [0.15, 0.2) is 5.78 Å². The fourth-order valence-corrected chi connectivity index (χ4v) is 3.27. The van der Waals surface area contributed by atoms with Crippen molar-refractivity contribution >= 4 is 17.5 Å². The third kappa shape index (κ3) is 4.16. The summed E-state index contributed by atoms with van der Waals surface area (Å²) in [4.78, 5) is 12.4. The van der Waals surface area contributed by atoms with Gasteiger partial charge in [-0.2, -0.15) is 4.68 Å². The Morgan fingerprint density at radius 2 is 2.00 bits per heavy atom. The highest BCUT2D eigenvalue weighted by Gasteiger charge is 2.13. The van der Waals surface area contributed by atoms with Crippen molar-refractivity contribution in [2.75, 3.05) is 5.75 Å². The third-order valence-electron chi connectivity index (χ3n) is 4.24. The Hall–Kier alpha value is -2.54. The van der Waals surface area contributed by atoms with Crippen molar-refractivity contribution in [1.82, 2.24) is 20.2 Å². The van der Waals surface area contributed by atoms with Crippen LogP contribution in [-0.2, 0) is 0 Å². The SMILES string of the molecule is CC[C@H](C)c1ccc(C(=O)CSc2nnnn2-c2cccc(F)c2)cc1. The van der Waals surface area contributed by atoms with Crippen LogP contribution in [0.3, 0.4) is 0 Å². The molecule has 0 fully saturated rings. The summed E-state index contributed by atoms with van der Waals surface area (Å²) in [7, 11) is 0. The summed E-state index contributed by atoms with van der Waals surface area (Å²) in [6.07, 6.45) is 1.06. The van der Waals surface area contributed by atoms with Crippen LogP contribution in [0.15, 0.2) is 53.7 Å². The van der Waals surface area contributed by atoms with Crippen LogP contribution < -0.4 is 0 Å². The number of nitrogens with zero attached hydrogens (tertiary/aromatic N) is 4. The number of ketones is 1. The maximum atomic E-state index is 13.4. The molecule has 0 aliphatic carbocycles. The molecule has 0 unspecified atom stereocenters. The van der Waals surface area contributed by atoms with E-state index in [0.717, 1.165) is 6.42 Å². The molecule has 0 spiro atoms. The van der Waals surface area contributed by atoms with E-state index in [1.54, 1.807) is 12.1 Å². The molecule has 7 heteroatoms. The number of hydrogen-bond donors (Lipinski definition) is 0. The highest BCUT2D eigenvalue weighted by atomic mass is 32.2. The lowest BCUT2D eigenvalue weighted by atomic mass is 9.97. The molecule has 134 valence electrons. The second kappa shape index (κ2) is 8.23. The number of carbonyl (C=O) groups is 1. The number of halogens is 1. The summed E-state index contributed by atoms with van der Waals surface area (Å²) >= 11 is 1.23. The highest BCUT2D eigenvalue weighted by molar-refractivity contribution is 7.99.